The van der Waals surface area contributed by atoms with Gasteiger partial charge < -0.3 is 25.8 Å². The predicted molar refractivity (Wildman–Crippen MR) is 208 cm³/mol. The monoisotopic (exact) mass is 726 g/mol. The van der Waals surface area contributed by atoms with E-state index in [0.717, 1.165) is 27.3 Å². The molecule has 6 aromatic rings. The van der Waals surface area contributed by atoms with Crippen molar-refractivity contribution >= 4 is 57.7 Å². The maximum Gasteiger partial charge on any atom is 0.272 e. The van der Waals surface area contributed by atoms with E-state index in [9.17, 15) is 19.5 Å². The number of benzene rings is 5. The van der Waals surface area contributed by atoms with Crippen molar-refractivity contribution < 1.29 is 24.2 Å². The number of anilines is 2. The highest BCUT2D eigenvalue weighted by molar-refractivity contribution is 8.00. The second-order valence-corrected chi connectivity index (χ2v) is 13.6. The van der Waals surface area contributed by atoms with Crippen molar-refractivity contribution in [1.29, 1.82) is 0 Å². The van der Waals surface area contributed by atoms with Crippen molar-refractivity contribution in [1.82, 2.24) is 10.3 Å². The molecule has 4 N–H and O–H groups in total. The number of carbonyl (C=O) groups excluding carboxylic acids is 3. The molecule has 0 aliphatic carbocycles. The van der Waals surface area contributed by atoms with Crippen LogP contribution in [-0.4, -0.2) is 34.9 Å². The van der Waals surface area contributed by atoms with E-state index < -0.39 is 17.1 Å². The van der Waals surface area contributed by atoms with Crippen LogP contribution in [0.1, 0.15) is 32.3 Å². The highest BCUT2D eigenvalue weighted by Gasteiger charge is 2.24. The molecule has 0 fully saturated rings. The molecule has 3 amide bonds. The molecule has 0 aliphatic rings. The lowest BCUT2D eigenvalue weighted by atomic mass is 10.1. The van der Waals surface area contributed by atoms with Gasteiger partial charge in [0.2, 0.25) is 5.91 Å². The van der Waals surface area contributed by atoms with Crippen LogP contribution in [0.2, 0.25) is 0 Å². The number of rotatable bonds is 12. The molecule has 0 saturated heterocycles. The van der Waals surface area contributed by atoms with Gasteiger partial charge >= 0.3 is 0 Å². The first-order valence-electron chi connectivity index (χ1n) is 16.2. The molecule has 0 spiro atoms. The quantitative estimate of drug-likeness (QED) is 0.0734. The number of methoxy groups -OCH3 is 1. The summed E-state index contributed by atoms with van der Waals surface area (Å²) in [5.74, 6) is -1.01. The summed E-state index contributed by atoms with van der Waals surface area (Å²) < 4.78 is 5.40. The van der Waals surface area contributed by atoms with E-state index in [1.165, 1.54) is 48.4 Å². The van der Waals surface area contributed by atoms with Crippen LogP contribution in [0.15, 0.2) is 143 Å². The molecular formula is C41H34N4O5S2. The fourth-order valence-electron chi connectivity index (χ4n) is 5.16. The van der Waals surface area contributed by atoms with Crippen LogP contribution in [0, 0.1) is 6.92 Å². The molecule has 9 nitrogen and oxygen atoms in total. The number of aromatic hydroxyl groups is 1. The molecule has 11 heteroatoms. The standard InChI is InChI=1S/C41H34N4O5S2/c1-26-16-18-27(19-17-26)35-25-51-41(44-35)45-40(49)37(28-10-5-3-6-11-28)52-33-15-9-14-31(23-33)42-39(48)34(43-38(47)29-12-7-4-8-13-29)22-30-20-21-32(46)24-36(30)50-2/h3-25,37,46H,1-2H3,(H,42,48)(H,43,47)(H,44,45,49)/b34-22+. The molecule has 0 radical (unpaired) electrons. The summed E-state index contributed by atoms with van der Waals surface area (Å²) in [4.78, 5) is 46.1. The van der Waals surface area contributed by atoms with Gasteiger partial charge in [-0.05, 0) is 61.0 Å². The number of nitrogens with zero attached hydrogens (tertiary/aromatic N) is 1. The average Bonchev–Trinajstić information content (AvgIpc) is 3.63. The van der Waals surface area contributed by atoms with E-state index in [0.29, 0.717) is 27.7 Å². The Kier molecular flexibility index (Phi) is 11.4. The fourth-order valence-corrected chi connectivity index (χ4v) is 6.96. The number of thiazole rings is 1. The van der Waals surface area contributed by atoms with Gasteiger partial charge in [0.15, 0.2) is 5.13 Å². The van der Waals surface area contributed by atoms with E-state index in [-0.39, 0.29) is 17.4 Å². The minimum absolute atomic E-state index is 0.0104. The topological polar surface area (TPSA) is 130 Å². The predicted octanol–water partition coefficient (Wildman–Crippen LogP) is 8.71. The molecule has 1 unspecified atom stereocenters. The highest BCUT2D eigenvalue weighted by Crippen LogP contribution is 2.38. The summed E-state index contributed by atoms with van der Waals surface area (Å²) in [6, 6.07) is 37.6. The molecule has 0 bridgehead atoms. The van der Waals surface area contributed by atoms with Crippen molar-refractivity contribution in [2.24, 2.45) is 0 Å². The smallest absolute Gasteiger partial charge is 0.272 e. The minimum Gasteiger partial charge on any atom is -0.508 e. The largest absolute Gasteiger partial charge is 0.508 e. The first-order valence-corrected chi connectivity index (χ1v) is 17.9. The number of thioether (sulfide) groups is 1. The number of carbonyl (C=O) groups is 3. The van der Waals surface area contributed by atoms with E-state index in [1.54, 1.807) is 54.6 Å². The van der Waals surface area contributed by atoms with Gasteiger partial charge in [-0.2, -0.15) is 0 Å². The summed E-state index contributed by atoms with van der Waals surface area (Å²) in [6.07, 6.45) is 1.48. The zero-order valence-corrected chi connectivity index (χ0v) is 29.8. The fraction of sp³-hybridized carbons (Fsp3) is 0.0732. The number of aryl methyl sites for hydroxylation is 1. The number of phenolic OH excluding ortho intramolecular Hbond substituents is 1. The Balaban J connectivity index is 1.23. The average molecular weight is 727 g/mol. The molecular weight excluding hydrogens is 693 g/mol. The lowest BCUT2D eigenvalue weighted by molar-refractivity contribution is -0.116. The van der Waals surface area contributed by atoms with Gasteiger partial charge in [0.25, 0.3) is 11.8 Å². The van der Waals surface area contributed by atoms with Crippen molar-refractivity contribution in [3.05, 3.63) is 161 Å². The molecule has 0 saturated carbocycles. The molecule has 6 rings (SSSR count). The number of hydrogen-bond acceptors (Lipinski definition) is 8. The van der Waals surface area contributed by atoms with Crippen LogP contribution in [-0.2, 0) is 9.59 Å². The molecule has 52 heavy (non-hydrogen) atoms. The van der Waals surface area contributed by atoms with Gasteiger partial charge in [0.05, 0.1) is 12.8 Å². The summed E-state index contributed by atoms with van der Waals surface area (Å²) in [6.45, 7) is 2.03. The Hall–Kier alpha value is -6.17. The van der Waals surface area contributed by atoms with Gasteiger partial charge in [-0.3, -0.25) is 14.4 Å². The van der Waals surface area contributed by atoms with Crippen molar-refractivity contribution in [2.45, 2.75) is 17.1 Å². The second-order valence-electron chi connectivity index (χ2n) is 11.6. The molecule has 1 aromatic heterocycles. The maximum absolute atomic E-state index is 13.8. The summed E-state index contributed by atoms with van der Waals surface area (Å²) in [5, 5.41) is 20.3. The Morgan fingerprint density at radius 2 is 1.58 bits per heavy atom. The van der Waals surface area contributed by atoms with Gasteiger partial charge in [-0.15, -0.1) is 23.1 Å². The van der Waals surface area contributed by atoms with Crippen LogP contribution in [0.5, 0.6) is 11.5 Å². The Labute approximate surface area is 309 Å². The lowest BCUT2D eigenvalue weighted by Gasteiger charge is -2.17. The number of ether oxygens (including phenoxy) is 1. The normalized spacial score (nSPS) is 11.7. The van der Waals surface area contributed by atoms with Crippen molar-refractivity contribution in [3.63, 3.8) is 0 Å². The first-order chi connectivity index (χ1) is 25.2. The van der Waals surface area contributed by atoms with E-state index >= 15 is 0 Å². The van der Waals surface area contributed by atoms with Crippen LogP contribution < -0.4 is 20.7 Å². The van der Waals surface area contributed by atoms with Crippen LogP contribution in [0.4, 0.5) is 10.8 Å². The summed E-state index contributed by atoms with van der Waals surface area (Å²) in [7, 11) is 1.44. The third-order valence-corrected chi connectivity index (χ3v) is 9.82. The molecule has 1 atom stereocenters. The van der Waals surface area contributed by atoms with E-state index in [1.807, 2.05) is 73.0 Å². The zero-order chi connectivity index (χ0) is 36.5. The summed E-state index contributed by atoms with van der Waals surface area (Å²) in [5.41, 5.74) is 4.93. The Morgan fingerprint density at radius 3 is 2.31 bits per heavy atom. The number of hydrogen-bond donors (Lipinski definition) is 4. The van der Waals surface area contributed by atoms with Crippen LogP contribution in [0.25, 0.3) is 17.3 Å². The third-order valence-electron chi connectivity index (χ3n) is 7.81. The summed E-state index contributed by atoms with van der Waals surface area (Å²) >= 11 is 2.69. The molecule has 0 aliphatic heterocycles. The van der Waals surface area contributed by atoms with E-state index in [4.69, 9.17) is 4.74 Å². The van der Waals surface area contributed by atoms with Gasteiger partial charge in [0.1, 0.15) is 22.4 Å². The van der Waals surface area contributed by atoms with Crippen LogP contribution in [0.3, 0.4) is 0 Å². The molecule has 1 heterocycles. The Bertz CT molecular complexity index is 2220. The van der Waals surface area contributed by atoms with Gasteiger partial charge in [-0.25, -0.2) is 4.98 Å². The van der Waals surface area contributed by atoms with E-state index in [2.05, 4.69) is 20.9 Å². The van der Waals surface area contributed by atoms with Crippen LogP contribution >= 0.6 is 23.1 Å². The van der Waals surface area contributed by atoms with Crippen molar-refractivity contribution in [2.75, 3.05) is 17.7 Å². The number of nitrogens with one attached hydrogen (secondary N) is 3. The SMILES string of the molecule is COc1cc(O)ccc1/C=C(/NC(=O)c1ccccc1)C(=O)Nc1cccc(SC(C(=O)Nc2nc(-c3ccc(C)cc3)cs2)c2ccccc2)c1. The first kappa shape index (κ1) is 35.6. The molecule has 5 aromatic carbocycles. The van der Waals surface area contributed by atoms with Gasteiger partial charge in [0, 0.05) is 38.7 Å². The number of phenols is 1. The minimum atomic E-state index is -0.638. The third kappa shape index (κ3) is 9.13. The zero-order valence-electron chi connectivity index (χ0n) is 28.2. The number of aromatic nitrogens is 1. The second kappa shape index (κ2) is 16.7. The number of amides is 3. The maximum atomic E-state index is 13.8. The van der Waals surface area contributed by atoms with Crippen molar-refractivity contribution in [3.8, 4) is 22.8 Å². The Morgan fingerprint density at radius 1 is 0.846 bits per heavy atom. The molecule has 260 valence electrons. The van der Waals surface area contributed by atoms with Gasteiger partial charge in [-0.1, -0.05) is 84.4 Å². The lowest BCUT2D eigenvalue weighted by Crippen LogP contribution is -2.30. The highest BCUT2D eigenvalue weighted by atomic mass is 32.2.